The molecule has 1 unspecified atom stereocenters. The third kappa shape index (κ3) is 2.00. The maximum atomic E-state index is 13.0. The van der Waals surface area contributed by atoms with Crippen molar-refractivity contribution in [3.05, 3.63) is 35.1 Å². The van der Waals surface area contributed by atoms with E-state index in [-0.39, 0.29) is 11.9 Å². The van der Waals surface area contributed by atoms with E-state index in [1.807, 2.05) is 13.0 Å². The van der Waals surface area contributed by atoms with Crippen LogP contribution in [0.15, 0.2) is 18.2 Å². The number of fused-ring (bicyclic) bond motifs is 1. The minimum Gasteiger partial charge on any atom is -0.284 e. The molecule has 0 saturated carbocycles. The first-order valence-electron chi connectivity index (χ1n) is 5.11. The first-order chi connectivity index (χ1) is 7.20. The van der Waals surface area contributed by atoms with E-state index in [9.17, 15) is 4.39 Å². The summed E-state index contributed by atoms with van der Waals surface area (Å²) in [5.41, 5.74) is 2.22. The van der Waals surface area contributed by atoms with Gasteiger partial charge in [0.25, 0.3) is 0 Å². The van der Waals surface area contributed by atoms with Crippen molar-refractivity contribution in [1.82, 2.24) is 4.90 Å². The topological polar surface area (TPSA) is 27.0 Å². The highest BCUT2D eigenvalue weighted by Crippen LogP contribution is 2.21. The Hall–Kier alpha value is -1.40. The lowest BCUT2D eigenvalue weighted by Crippen LogP contribution is -2.36. The number of rotatable bonds is 1. The monoisotopic (exact) mass is 204 g/mol. The van der Waals surface area contributed by atoms with Crippen LogP contribution >= 0.6 is 0 Å². The summed E-state index contributed by atoms with van der Waals surface area (Å²) in [7, 11) is 0. The highest BCUT2D eigenvalue weighted by Gasteiger charge is 2.20. The molecular weight excluding hydrogens is 191 g/mol. The normalized spacial score (nSPS) is 17.9. The summed E-state index contributed by atoms with van der Waals surface area (Å²) in [5, 5.41) is 8.83. The van der Waals surface area contributed by atoms with Gasteiger partial charge in [0.1, 0.15) is 5.82 Å². The molecule has 78 valence electrons. The zero-order valence-electron chi connectivity index (χ0n) is 8.70. The van der Waals surface area contributed by atoms with Crippen LogP contribution in [0.3, 0.4) is 0 Å². The summed E-state index contributed by atoms with van der Waals surface area (Å²) < 4.78 is 13.0. The number of halogens is 1. The van der Waals surface area contributed by atoms with Crippen molar-refractivity contribution in [3.63, 3.8) is 0 Å². The Balaban J connectivity index is 2.21. The van der Waals surface area contributed by atoms with Crippen molar-refractivity contribution in [2.45, 2.75) is 25.9 Å². The third-order valence-electron chi connectivity index (χ3n) is 2.94. The van der Waals surface area contributed by atoms with Crippen LogP contribution in [-0.2, 0) is 13.0 Å². The number of hydrogen-bond acceptors (Lipinski definition) is 2. The van der Waals surface area contributed by atoms with E-state index in [4.69, 9.17) is 5.26 Å². The van der Waals surface area contributed by atoms with Crippen LogP contribution in [0.25, 0.3) is 0 Å². The molecule has 0 saturated heterocycles. The second-order valence-corrected chi connectivity index (χ2v) is 3.94. The van der Waals surface area contributed by atoms with Crippen LogP contribution in [-0.4, -0.2) is 17.5 Å². The van der Waals surface area contributed by atoms with Crippen molar-refractivity contribution in [2.24, 2.45) is 0 Å². The first-order valence-corrected chi connectivity index (χ1v) is 5.11. The molecule has 0 amide bonds. The van der Waals surface area contributed by atoms with Crippen LogP contribution in [0, 0.1) is 17.1 Å². The van der Waals surface area contributed by atoms with Gasteiger partial charge in [-0.3, -0.25) is 4.90 Å². The van der Waals surface area contributed by atoms with Crippen LogP contribution in [0.2, 0.25) is 0 Å². The van der Waals surface area contributed by atoms with E-state index in [2.05, 4.69) is 11.0 Å². The van der Waals surface area contributed by atoms with Gasteiger partial charge in [-0.2, -0.15) is 5.26 Å². The minimum absolute atomic E-state index is 0.0665. The summed E-state index contributed by atoms with van der Waals surface area (Å²) in [4.78, 5) is 2.11. The largest absolute Gasteiger partial charge is 0.284 e. The van der Waals surface area contributed by atoms with Crippen molar-refractivity contribution in [3.8, 4) is 6.07 Å². The maximum Gasteiger partial charge on any atom is 0.123 e. The zero-order chi connectivity index (χ0) is 10.8. The Labute approximate surface area is 88.9 Å². The molecule has 1 aromatic carbocycles. The molecule has 0 radical (unpaired) electrons. The number of nitriles is 1. The van der Waals surface area contributed by atoms with Gasteiger partial charge in [0, 0.05) is 13.1 Å². The van der Waals surface area contributed by atoms with Gasteiger partial charge in [-0.25, -0.2) is 4.39 Å². The molecule has 0 spiro atoms. The molecule has 2 rings (SSSR count). The second kappa shape index (κ2) is 4.00. The zero-order valence-corrected chi connectivity index (χ0v) is 8.70. The van der Waals surface area contributed by atoms with Gasteiger partial charge in [-0.15, -0.1) is 0 Å². The Morgan fingerprint density at radius 2 is 2.27 bits per heavy atom. The van der Waals surface area contributed by atoms with Gasteiger partial charge in [-0.1, -0.05) is 6.07 Å². The molecule has 0 aliphatic carbocycles. The molecule has 1 aromatic rings. The van der Waals surface area contributed by atoms with Gasteiger partial charge in [-0.05, 0) is 36.6 Å². The summed E-state index contributed by atoms with van der Waals surface area (Å²) >= 11 is 0. The van der Waals surface area contributed by atoms with E-state index < -0.39 is 0 Å². The molecule has 3 heteroatoms. The lowest BCUT2D eigenvalue weighted by Gasteiger charge is -2.30. The third-order valence-corrected chi connectivity index (χ3v) is 2.94. The van der Waals surface area contributed by atoms with Crippen molar-refractivity contribution >= 4 is 0 Å². The van der Waals surface area contributed by atoms with Gasteiger partial charge in [0.15, 0.2) is 0 Å². The van der Waals surface area contributed by atoms with Gasteiger partial charge in [0.2, 0.25) is 0 Å². The summed E-state index contributed by atoms with van der Waals surface area (Å²) in [6.45, 7) is 3.49. The van der Waals surface area contributed by atoms with Crippen LogP contribution in [0.1, 0.15) is 18.1 Å². The molecule has 1 aliphatic heterocycles. The van der Waals surface area contributed by atoms with Crippen molar-refractivity contribution in [1.29, 1.82) is 5.26 Å². The van der Waals surface area contributed by atoms with E-state index in [0.29, 0.717) is 0 Å². The highest BCUT2D eigenvalue weighted by molar-refractivity contribution is 5.30. The van der Waals surface area contributed by atoms with E-state index in [1.165, 1.54) is 6.07 Å². The number of nitrogens with zero attached hydrogens (tertiary/aromatic N) is 2. The Bertz CT molecular complexity index is 409. The fourth-order valence-corrected chi connectivity index (χ4v) is 1.96. The Kier molecular flexibility index (Phi) is 2.70. The van der Waals surface area contributed by atoms with Crippen molar-refractivity contribution < 1.29 is 4.39 Å². The maximum absolute atomic E-state index is 13.0. The molecular formula is C12H13FN2. The Morgan fingerprint density at radius 1 is 1.47 bits per heavy atom. The van der Waals surface area contributed by atoms with Gasteiger partial charge >= 0.3 is 0 Å². The quantitative estimate of drug-likeness (QED) is 0.700. The van der Waals surface area contributed by atoms with E-state index >= 15 is 0 Å². The number of hydrogen-bond donors (Lipinski definition) is 0. The minimum atomic E-state index is -0.171. The lowest BCUT2D eigenvalue weighted by molar-refractivity contribution is 0.226. The van der Waals surface area contributed by atoms with Crippen LogP contribution in [0.4, 0.5) is 4.39 Å². The van der Waals surface area contributed by atoms with Crippen LogP contribution in [0.5, 0.6) is 0 Å². The summed E-state index contributed by atoms with van der Waals surface area (Å²) in [6.07, 6.45) is 0.832. The molecule has 15 heavy (non-hydrogen) atoms. The highest BCUT2D eigenvalue weighted by atomic mass is 19.1. The molecule has 0 aromatic heterocycles. The predicted molar refractivity (Wildman–Crippen MR) is 55.6 cm³/mol. The first kappa shape index (κ1) is 10.1. The molecule has 1 atom stereocenters. The summed E-state index contributed by atoms with van der Waals surface area (Å²) in [6, 6.07) is 7.07. The average molecular weight is 204 g/mol. The summed E-state index contributed by atoms with van der Waals surface area (Å²) in [5.74, 6) is -0.171. The van der Waals surface area contributed by atoms with Crippen LogP contribution < -0.4 is 0 Å². The molecule has 2 nitrogen and oxygen atoms in total. The van der Waals surface area contributed by atoms with Crippen molar-refractivity contribution in [2.75, 3.05) is 6.54 Å². The molecule has 1 heterocycles. The van der Waals surface area contributed by atoms with Gasteiger partial charge in [0.05, 0.1) is 12.1 Å². The van der Waals surface area contributed by atoms with E-state index in [1.54, 1.807) is 6.07 Å². The molecule has 0 fully saturated rings. The lowest BCUT2D eigenvalue weighted by atomic mass is 9.99. The fourth-order valence-electron chi connectivity index (χ4n) is 1.96. The number of benzene rings is 1. The second-order valence-electron chi connectivity index (χ2n) is 3.94. The molecule has 0 N–H and O–H groups in total. The SMILES string of the molecule is CC(C#N)N1CCc2cc(F)ccc2C1. The van der Waals surface area contributed by atoms with Gasteiger partial charge < -0.3 is 0 Å². The predicted octanol–water partition coefficient (Wildman–Crippen LogP) is 2.10. The average Bonchev–Trinajstić information content (AvgIpc) is 2.27. The van der Waals surface area contributed by atoms with E-state index in [0.717, 1.165) is 30.6 Å². The fraction of sp³-hybridized carbons (Fsp3) is 0.417. The smallest absolute Gasteiger partial charge is 0.123 e. The Morgan fingerprint density at radius 3 is 3.00 bits per heavy atom. The molecule has 0 bridgehead atoms. The molecule has 1 aliphatic rings. The standard InChI is InChI=1S/C12H13FN2/c1-9(7-14)15-5-4-10-6-12(13)3-2-11(10)8-15/h2-3,6,9H,4-5,8H2,1H3.